The minimum atomic E-state index is -0.482. The minimum Gasteiger partial charge on any atom is -0.306 e. The maximum Gasteiger partial charge on any atom is 0.276 e. The Hall–Kier alpha value is -3.55. The third kappa shape index (κ3) is 2.71. The number of anilines is 1. The molecule has 1 aliphatic rings. The first-order valence-electron chi connectivity index (χ1n) is 7.93. The molecular formula is C18H13FN4O3. The first-order chi connectivity index (χ1) is 12.5. The number of benzene rings is 2. The summed E-state index contributed by atoms with van der Waals surface area (Å²) in [6.45, 7) is 0.445. The second-order valence-electron chi connectivity index (χ2n) is 5.95. The number of hydrogen-bond acceptors (Lipinski definition) is 4. The molecule has 0 spiro atoms. The van der Waals surface area contributed by atoms with E-state index in [0.717, 1.165) is 5.56 Å². The summed E-state index contributed by atoms with van der Waals surface area (Å²) in [6, 6.07) is 11.9. The van der Waals surface area contributed by atoms with E-state index in [1.54, 1.807) is 24.3 Å². The van der Waals surface area contributed by atoms with E-state index >= 15 is 0 Å². The average molecular weight is 352 g/mol. The monoisotopic (exact) mass is 352 g/mol. The molecule has 2 heterocycles. The zero-order valence-electron chi connectivity index (χ0n) is 13.5. The molecule has 26 heavy (non-hydrogen) atoms. The molecule has 7 nitrogen and oxygen atoms in total. The van der Waals surface area contributed by atoms with Gasteiger partial charge in [0, 0.05) is 24.2 Å². The number of hydrogen-bond donors (Lipinski definition) is 1. The molecule has 0 saturated heterocycles. The van der Waals surface area contributed by atoms with Crippen LogP contribution in [0.1, 0.15) is 16.1 Å². The van der Waals surface area contributed by atoms with Crippen molar-refractivity contribution in [1.29, 1.82) is 0 Å². The van der Waals surface area contributed by atoms with Crippen LogP contribution in [-0.2, 0) is 6.42 Å². The van der Waals surface area contributed by atoms with Gasteiger partial charge in [-0.15, -0.1) is 0 Å². The van der Waals surface area contributed by atoms with Gasteiger partial charge in [-0.05, 0) is 42.3 Å². The molecule has 4 rings (SSSR count). The summed E-state index contributed by atoms with van der Waals surface area (Å²) in [4.78, 5) is 24.8. The first-order valence-corrected chi connectivity index (χ1v) is 7.93. The van der Waals surface area contributed by atoms with Crippen LogP contribution in [0.2, 0.25) is 0 Å². The molecule has 2 aromatic carbocycles. The van der Waals surface area contributed by atoms with E-state index in [2.05, 4.69) is 10.2 Å². The van der Waals surface area contributed by atoms with Crippen molar-refractivity contribution in [3.8, 4) is 11.3 Å². The van der Waals surface area contributed by atoms with Crippen molar-refractivity contribution < 1.29 is 14.1 Å². The number of nitro groups is 1. The Morgan fingerprint density at radius 3 is 2.69 bits per heavy atom. The van der Waals surface area contributed by atoms with Crippen LogP contribution >= 0.6 is 0 Å². The summed E-state index contributed by atoms with van der Waals surface area (Å²) >= 11 is 0. The number of nitrogens with zero attached hydrogens (tertiary/aromatic N) is 3. The summed E-state index contributed by atoms with van der Waals surface area (Å²) in [7, 11) is 0. The second kappa shape index (κ2) is 6.07. The van der Waals surface area contributed by atoms with Gasteiger partial charge in [-0.3, -0.25) is 20.0 Å². The Bertz CT molecular complexity index is 1010. The SMILES string of the molecule is O=C(c1cc(-c2ccc(F)cc2)n[nH]1)N1CCc2ccc([N+](=O)[O-])cc21. The van der Waals surface area contributed by atoms with Gasteiger partial charge in [0.25, 0.3) is 11.6 Å². The van der Waals surface area contributed by atoms with Crippen LogP contribution < -0.4 is 4.90 Å². The van der Waals surface area contributed by atoms with Crippen LogP contribution in [0.5, 0.6) is 0 Å². The molecule has 0 unspecified atom stereocenters. The molecular weight excluding hydrogens is 339 g/mol. The Morgan fingerprint density at radius 1 is 1.19 bits per heavy atom. The first kappa shape index (κ1) is 15.9. The predicted molar refractivity (Wildman–Crippen MR) is 92.5 cm³/mol. The van der Waals surface area contributed by atoms with Crippen LogP contribution in [0, 0.1) is 15.9 Å². The van der Waals surface area contributed by atoms with Crippen molar-refractivity contribution in [1.82, 2.24) is 10.2 Å². The highest BCUT2D eigenvalue weighted by Crippen LogP contribution is 2.32. The Balaban J connectivity index is 1.63. The molecule has 130 valence electrons. The third-order valence-corrected chi connectivity index (χ3v) is 4.37. The Kier molecular flexibility index (Phi) is 3.72. The number of aromatic amines is 1. The number of rotatable bonds is 3. The number of carbonyl (C=O) groups is 1. The number of fused-ring (bicyclic) bond motifs is 1. The fourth-order valence-corrected chi connectivity index (χ4v) is 3.04. The summed E-state index contributed by atoms with van der Waals surface area (Å²) in [5.74, 6) is -0.666. The van der Waals surface area contributed by atoms with Crippen LogP contribution in [-0.4, -0.2) is 27.6 Å². The van der Waals surface area contributed by atoms with Crippen molar-refractivity contribution in [2.75, 3.05) is 11.4 Å². The molecule has 1 N–H and O–H groups in total. The van der Waals surface area contributed by atoms with Gasteiger partial charge >= 0.3 is 0 Å². The predicted octanol–water partition coefficient (Wildman–Crippen LogP) is 3.33. The molecule has 1 aliphatic heterocycles. The van der Waals surface area contributed by atoms with Crippen LogP contribution in [0.3, 0.4) is 0 Å². The van der Waals surface area contributed by atoms with Crippen molar-refractivity contribution in [3.05, 3.63) is 75.7 Å². The van der Waals surface area contributed by atoms with Gasteiger partial charge in [-0.1, -0.05) is 6.07 Å². The van der Waals surface area contributed by atoms with Crippen LogP contribution in [0.4, 0.5) is 15.8 Å². The number of non-ortho nitro benzene ring substituents is 1. The van der Waals surface area contributed by atoms with Gasteiger partial charge < -0.3 is 4.90 Å². The topological polar surface area (TPSA) is 92.1 Å². The molecule has 0 atom stereocenters. The fraction of sp³-hybridized carbons (Fsp3) is 0.111. The lowest BCUT2D eigenvalue weighted by Gasteiger charge is -2.15. The van der Waals surface area contributed by atoms with Gasteiger partial charge in [0.15, 0.2) is 0 Å². The van der Waals surface area contributed by atoms with Gasteiger partial charge in [0.05, 0.1) is 16.3 Å². The van der Waals surface area contributed by atoms with Crippen LogP contribution in [0.25, 0.3) is 11.3 Å². The van der Waals surface area contributed by atoms with Crippen molar-refractivity contribution >= 4 is 17.3 Å². The van der Waals surface area contributed by atoms with E-state index in [1.165, 1.54) is 29.2 Å². The zero-order chi connectivity index (χ0) is 18.3. The van der Waals surface area contributed by atoms with Crippen molar-refractivity contribution in [2.45, 2.75) is 6.42 Å². The van der Waals surface area contributed by atoms with E-state index in [0.29, 0.717) is 29.9 Å². The maximum atomic E-state index is 13.0. The average Bonchev–Trinajstić information content (AvgIpc) is 3.28. The van der Waals surface area contributed by atoms with E-state index < -0.39 is 4.92 Å². The zero-order valence-corrected chi connectivity index (χ0v) is 13.5. The summed E-state index contributed by atoms with van der Waals surface area (Å²) in [6.07, 6.45) is 0.637. The number of amides is 1. The quantitative estimate of drug-likeness (QED) is 0.578. The lowest BCUT2D eigenvalue weighted by Crippen LogP contribution is -2.29. The molecule has 8 heteroatoms. The van der Waals surface area contributed by atoms with E-state index in [9.17, 15) is 19.3 Å². The number of halogens is 1. The Labute approximate surface area is 147 Å². The highest BCUT2D eigenvalue weighted by atomic mass is 19.1. The molecule has 1 aromatic heterocycles. The lowest BCUT2D eigenvalue weighted by molar-refractivity contribution is -0.384. The number of carbonyl (C=O) groups excluding carboxylic acids is 1. The number of aromatic nitrogens is 2. The van der Waals surface area contributed by atoms with Gasteiger partial charge in [0.1, 0.15) is 11.5 Å². The van der Waals surface area contributed by atoms with Crippen LogP contribution in [0.15, 0.2) is 48.5 Å². The number of nitrogens with one attached hydrogen (secondary N) is 1. The normalized spacial score (nSPS) is 12.9. The maximum absolute atomic E-state index is 13.0. The molecule has 0 saturated carbocycles. The van der Waals surface area contributed by atoms with Gasteiger partial charge in [-0.2, -0.15) is 5.10 Å². The molecule has 0 bridgehead atoms. The highest BCUT2D eigenvalue weighted by molar-refractivity contribution is 6.06. The van der Waals surface area contributed by atoms with Gasteiger partial charge in [-0.25, -0.2) is 4.39 Å². The Morgan fingerprint density at radius 2 is 1.96 bits per heavy atom. The number of H-pyrrole nitrogens is 1. The van der Waals surface area contributed by atoms with Gasteiger partial charge in [0.2, 0.25) is 0 Å². The molecule has 1 amide bonds. The van der Waals surface area contributed by atoms with Crippen molar-refractivity contribution in [2.24, 2.45) is 0 Å². The second-order valence-corrected chi connectivity index (χ2v) is 5.95. The third-order valence-electron chi connectivity index (χ3n) is 4.37. The largest absolute Gasteiger partial charge is 0.306 e. The lowest BCUT2D eigenvalue weighted by atomic mass is 10.1. The molecule has 0 radical (unpaired) electrons. The van der Waals surface area contributed by atoms with E-state index in [1.807, 2.05) is 0 Å². The fourth-order valence-electron chi connectivity index (χ4n) is 3.04. The number of nitro benzene ring substituents is 1. The summed E-state index contributed by atoms with van der Waals surface area (Å²) in [5, 5.41) is 17.8. The molecule has 0 fully saturated rings. The van der Waals surface area contributed by atoms with E-state index in [-0.39, 0.29) is 23.1 Å². The minimum absolute atomic E-state index is 0.0555. The standard InChI is InChI=1S/C18H13FN4O3/c19-13-4-1-11(2-5-13)15-10-16(21-20-15)18(24)22-8-7-12-3-6-14(23(25)26)9-17(12)22/h1-6,9-10H,7-8H2,(H,20,21). The summed E-state index contributed by atoms with van der Waals surface area (Å²) in [5.41, 5.74) is 2.85. The molecule has 0 aliphatic carbocycles. The smallest absolute Gasteiger partial charge is 0.276 e. The highest BCUT2D eigenvalue weighted by Gasteiger charge is 2.28. The van der Waals surface area contributed by atoms with Crippen molar-refractivity contribution in [3.63, 3.8) is 0 Å². The molecule has 3 aromatic rings. The van der Waals surface area contributed by atoms with E-state index in [4.69, 9.17) is 0 Å². The summed E-state index contributed by atoms with van der Waals surface area (Å²) < 4.78 is 13.0.